The Labute approximate surface area is 322 Å². The van der Waals surface area contributed by atoms with E-state index >= 15 is 4.11 Å². The van der Waals surface area contributed by atoms with Gasteiger partial charge in [0.05, 0.1) is 42.7 Å². The number of aliphatic hydroxyl groups is 2. The van der Waals surface area contributed by atoms with Crippen LogP contribution in [-0.2, 0) is 32.9 Å². The molecule has 7 rings (SSSR count). The fraction of sp³-hybridized carbons (Fsp3) is 0.463. The number of nitrogens with one attached hydrogen (secondary N) is 2. The summed E-state index contributed by atoms with van der Waals surface area (Å²) in [5.41, 5.74) is 2.97. The molecule has 0 saturated carbocycles. The monoisotopic (exact) mass is 770 g/mol. The first kappa shape index (κ1) is 38.8. The minimum absolute atomic E-state index is 0.0854. The average molecular weight is 771 g/mol. The summed E-state index contributed by atoms with van der Waals surface area (Å²) >= 11 is 0. The van der Waals surface area contributed by atoms with Gasteiger partial charge in [-0.2, -0.15) is 0 Å². The summed E-state index contributed by atoms with van der Waals surface area (Å²) in [4.78, 5) is 30.2. The van der Waals surface area contributed by atoms with E-state index in [0.29, 0.717) is 67.3 Å². The number of halogens is 1. The quantitative estimate of drug-likeness (QED) is 0.0692. The molecule has 12 nitrogen and oxygen atoms in total. The molecule has 3 aliphatic rings. The van der Waals surface area contributed by atoms with E-state index in [9.17, 15) is 19.8 Å². The lowest BCUT2D eigenvalue weighted by molar-refractivity contribution is -0.143. The number of anilines is 3. The van der Waals surface area contributed by atoms with Gasteiger partial charge in [-0.25, -0.2) is 0 Å². The highest BCUT2D eigenvalue weighted by atomic mass is 28.4. The number of nitrogens with zero attached hydrogens (tertiary/aromatic N) is 4. The molecule has 4 N–H and O–H groups in total. The van der Waals surface area contributed by atoms with Crippen LogP contribution in [0.15, 0.2) is 72.9 Å². The van der Waals surface area contributed by atoms with Gasteiger partial charge in [0.2, 0.25) is 14.3 Å². The van der Waals surface area contributed by atoms with E-state index in [1.54, 1.807) is 34.9 Å². The summed E-state index contributed by atoms with van der Waals surface area (Å²) in [6, 6.07) is 20.3. The highest BCUT2D eigenvalue weighted by Crippen LogP contribution is 2.59. The standard InChI is InChI=1S/C41H51FN6O6Si/c1-5-53-30-14-16-36-28(21-30)22-34(43-18-9-10-20-49)39(51)48(36)29-13-15-33-32(23-29)41(40(52)44-33)26(2)38(55(3,4)42)37(54-41)17-19-47-24-35(45-46-47)31(25-50)27-11-7-6-8-12-27/h6-8,11-16,21,23-24,26,31,34,37-38,43,49-50H,5,9-10,17-20,22,25H2,1-4H3,(H,44,52)/t26-,31?,34?,37+,38-,41+/m1/s1. The van der Waals surface area contributed by atoms with Crippen LogP contribution in [0.2, 0.25) is 18.6 Å². The number of amides is 2. The van der Waals surface area contributed by atoms with Crippen LogP contribution in [0, 0.1) is 5.92 Å². The number of unbranched alkanes of at least 4 members (excludes halogenated alkanes) is 1. The van der Waals surface area contributed by atoms with Crippen molar-refractivity contribution in [2.45, 2.75) is 88.4 Å². The summed E-state index contributed by atoms with van der Waals surface area (Å²) < 4.78 is 30.8. The molecule has 4 heterocycles. The maximum absolute atomic E-state index is 16.5. The molecule has 3 aliphatic heterocycles. The van der Waals surface area contributed by atoms with E-state index < -0.39 is 37.6 Å². The van der Waals surface area contributed by atoms with Crippen LogP contribution < -0.4 is 20.3 Å². The number of carbonyl (C=O) groups excluding carboxylic acids is 2. The van der Waals surface area contributed by atoms with E-state index in [1.807, 2.05) is 74.5 Å². The predicted octanol–water partition coefficient (Wildman–Crippen LogP) is 5.57. The van der Waals surface area contributed by atoms with E-state index in [4.69, 9.17) is 9.47 Å². The molecule has 1 fully saturated rings. The maximum Gasteiger partial charge on any atom is 0.261 e. The summed E-state index contributed by atoms with van der Waals surface area (Å²) in [6.45, 7) is 8.58. The lowest BCUT2D eigenvalue weighted by Crippen LogP contribution is -2.49. The number of hydrogen-bond donors (Lipinski definition) is 4. The first-order valence-electron chi connectivity index (χ1n) is 19.3. The Morgan fingerprint density at radius 2 is 1.91 bits per heavy atom. The van der Waals surface area contributed by atoms with Gasteiger partial charge in [-0.1, -0.05) is 42.5 Å². The van der Waals surface area contributed by atoms with Crippen LogP contribution in [0.25, 0.3) is 0 Å². The van der Waals surface area contributed by atoms with E-state index in [2.05, 4.69) is 20.9 Å². The number of aryl methyl sites for hydroxylation is 1. The molecule has 0 bridgehead atoms. The molecule has 6 atom stereocenters. The topological polar surface area (TPSA) is 151 Å². The van der Waals surface area contributed by atoms with Gasteiger partial charge in [0.1, 0.15) is 5.75 Å². The third kappa shape index (κ3) is 7.33. The van der Waals surface area contributed by atoms with Crippen molar-refractivity contribution in [1.29, 1.82) is 0 Å². The molecule has 14 heteroatoms. The number of aliphatic hydroxyl groups excluding tert-OH is 2. The SMILES string of the molecule is CCOc1ccc2c(c1)CC(NCCCCO)C(=O)N2c1ccc2c(c1)[C@]1(O[C@@H](CCn3cc(C(CO)c4ccccc4)nn3)[C@H]([Si](C)(C)F)[C@H]1C)C(=O)N2. The smallest absolute Gasteiger partial charge is 0.261 e. The summed E-state index contributed by atoms with van der Waals surface area (Å²) in [5, 5.41) is 34.6. The Morgan fingerprint density at radius 3 is 2.64 bits per heavy atom. The number of aromatic nitrogens is 3. The van der Waals surface area contributed by atoms with Crippen molar-refractivity contribution >= 4 is 37.3 Å². The first-order chi connectivity index (χ1) is 26.5. The molecule has 2 amide bonds. The molecule has 1 aromatic heterocycles. The number of carbonyl (C=O) groups is 2. The van der Waals surface area contributed by atoms with Crippen LogP contribution in [0.3, 0.4) is 0 Å². The zero-order chi connectivity index (χ0) is 38.9. The summed E-state index contributed by atoms with van der Waals surface area (Å²) in [7, 11) is -3.42. The van der Waals surface area contributed by atoms with Crippen molar-refractivity contribution in [1.82, 2.24) is 20.3 Å². The maximum atomic E-state index is 16.5. The molecule has 3 aromatic carbocycles. The van der Waals surface area contributed by atoms with Crippen molar-refractivity contribution in [3.05, 3.63) is 95.3 Å². The fourth-order valence-electron chi connectivity index (χ4n) is 8.88. The lowest BCUT2D eigenvalue weighted by atomic mass is 9.82. The van der Waals surface area contributed by atoms with Crippen LogP contribution in [-0.4, -0.2) is 83.9 Å². The molecule has 1 spiro atoms. The predicted molar refractivity (Wildman–Crippen MR) is 210 cm³/mol. The van der Waals surface area contributed by atoms with Gasteiger partial charge in [-0.05, 0) is 99.8 Å². The third-order valence-electron chi connectivity index (χ3n) is 11.4. The van der Waals surface area contributed by atoms with Crippen molar-refractivity contribution in [3.63, 3.8) is 0 Å². The average Bonchev–Trinajstić information content (AvgIpc) is 3.84. The second-order valence-electron chi connectivity index (χ2n) is 15.3. The van der Waals surface area contributed by atoms with Crippen molar-refractivity contribution in [3.8, 4) is 5.75 Å². The van der Waals surface area contributed by atoms with Crippen LogP contribution >= 0.6 is 0 Å². The number of hydrogen-bond acceptors (Lipinski definition) is 9. The molecule has 0 radical (unpaired) electrons. The summed E-state index contributed by atoms with van der Waals surface area (Å²) in [6.07, 6.45) is 3.42. The molecule has 1 saturated heterocycles. The normalized spacial score (nSPS) is 23.9. The van der Waals surface area contributed by atoms with Crippen molar-refractivity contribution in [2.75, 3.05) is 36.6 Å². The Balaban J connectivity index is 1.19. The Kier molecular flexibility index (Phi) is 11.2. The highest BCUT2D eigenvalue weighted by molar-refractivity contribution is 6.72. The van der Waals surface area contributed by atoms with Gasteiger partial charge < -0.3 is 34.4 Å². The Bertz CT molecular complexity index is 2010. The van der Waals surface area contributed by atoms with Crippen LogP contribution in [0.1, 0.15) is 61.4 Å². The Morgan fingerprint density at radius 1 is 1.11 bits per heavy atom. The third-order valence-corrected chi connectivity index (χ3v) is 13.9. The molecular formula is C41H51FN6O6Si. The molecular weight excluding hydrogens is 720 g/mol. The van der Waals surface area contributed by atoms with Gasteiger partial charge in [-0.3, -0.25) is 19.2 Å². The summed E-state index contributed by atoms with van der Waals surface area (Å²) in [5.74, 6) is -0.607. The van der Waals surface area contributed by atoms with Crippen LogP contribution in [0.5, 0.6) is 5.75 Å². The van der Waals surface area contributed by atoms with E-state index in [1.165, 1.54) is 0 Å². The lowest BCUT2D eigenvalue weighted by Gasteiger charge is -2.36. The second kappa shape index (κ2) is 15.9. The minimum atomic E-state index is -3.42. The van der Waals surface area contributed by atoms with E-state index in [-0.39, 0.29) is 30.9 Å². The largest absolute Gasteiger partial charge is 0.494 e. The fourth-order valence-corrected chi connectivity index (χ4v) is 11.4. The molecule has 2 unspecified atom stereocenters. The first-order valence-corrected chi connectivity index (χ1v) is 22.3. The van der Waals surface area contributed by atoms with Gasteiger partial charge in [0.25, 0.3) is 5.91 Å². The number of fused-ring (bicyclic) bond motifs is 3. The second-order valence-corrected chi connectivity index (χ2v) is 19.1. The molecule has 0 aliphatic carbocycles. The van der Waals surface area contributed by atoms with Crippen LogP contribution in [0.4, 0.5) is 21.2 Å². The van der Waals surface area contributed by atoms with Gasteiger partial charge in [0, 0.05) is 47.7 Å². The molecule has 4 aromatic rings. The zero-order valence-corrected chi connectivity index (χ0v) is 32.9. The van der Waals surface area contributed by atoms with E-state index in [0.717, 1.165) is 23.2 Å². The number of ether oxygens (including phenoxy) is 2. The number of benzene rings is 3. The minimum Gasteiger partial charge on any atom is -0.494 e. The number of rotatable bonds is 15. The van der Waals surface area contributed by atoms with Gasteiger partial charge in [-0.15, -0.1) is 5.10 Å². The van der Waals surface area contributed by atoms with Crippen molar-refractivity contribution < 1.29 is 33.4 Å². The molecule has 292 valence electrons. The van der Waals surface area contributed by atoms with Crippen molar-refractivity contribution in [2.24, 2.45) is 5.92 Å². The highest BCUT2D eigenvalue weighted by Gasteiger charge is 2.65. The Hall–Kier alpha value is -4.47. The zero-order valence-electron chi connectivity index (χ0n) is 31.9. The molecule has 55 heavy (non-hydrogen) atoms. The van der Waals surface area contributed by atoms with Gasteiger partial charge >= 0.3 is 0 Å². The van der Waals surface area contributed by atoms with Gasteiger partial charge in [0.15, 0.2) is 5.60 Å².